The number of anilines is 1. The zero-order valence-corrected chi connectivity index (χ0v) is 28.7. The number of esters is 1. The van der Waals surface area contributed by atoms with Gasteiger partial charge >= 0.3 is 12.1 Å². The number of amides is 3. The minimum absolute atomic E-state index is 0.0539. The summed E-state index contributed by atoms with van der Waals surface area (Å²) in [6.07, 6.45) is 10.5. The number of carbonyl (C=O) groups excluding carboxylic acids is 5. The summed E-state index contributed by atoms with van der Waals surface area (Å²) in [6, 6.07) is 11.4. The molecule has 10 nitrogen and oxygen atoms in total. The van der Waals surface area contributed by atoms with Gasteiger partial charge in [0.25, 0.3) is 11.8 Å². The van der Waals surface area contributed by atoms with Crippen LogP contribution in [0.3, 0.4) is 0 Å². The van der Waals surface area contributed by atoms with Gasteiger partial charge in [-0.3, -0.25) is 14.4 Å². The van der Waals surface area contributed by atoms with Gasteiger partial charge in [-0.1, -0.05) is 104 Å². The number of imide groups is 1. The molecule has 2 aromatic carbocycles. The van der Waals surface area contributed by atoms with Gasteiger partial charge in [0, 0.05) is 5.41 Å². The number of ether oxygens (including phenoxy) is 3. The molecule has 0 spiro atoms. The second kappa shape index (κ2) is 17.1. The van der Waals surface area contributed by atoms with Crippen molar-refractivity contribution in [1.29, 1.82) is 0 Å². The summed E-state index contributed by atoms with van der Waals surface area (Å²) in [6.45, 7) is 10.0. The highest BCUT2D eigenvalue weighted by atomic mass is 16.6. The smallest absolute Gasteiger partial charge is 0.418 e. The van der Waals surface area contributed by atoms with Gasteiger partial charge in [0.2, 0.25) is 0 Å². The second-order valence-electron chi connectivity index (χ2n) is 13.5. The summed E-state index contributed by atoms with van der Waals surface area (Å²) in [5.74, 6) is -2.39. The monoisotopic (exact) mass is 650 g/mol. The van der Waals surface area contributed by atoms with Crippen LogP contribution in [0.1, 0.15) is 116 Å². The largest absolute Gasteiger partial charge is 0.462 e. The van der Waals surface area contributed by atoms with Crippen LogP contribution in [0.2, 0.25) is 0 Å². The summed E-state index contributed by atoms with van der Waals surface area (Å²) in [4.78, 5) is 66.9. The first-order valence-corrected chi connectivity index (χ1v) is 16.7. The highest BCUT2D eigenvalue weighted by Gasteiger charge is 2.55. The molecular formula is C37H50N2O8. The molecule has 1 unspecified atom stereocenters. The zero-order chi connectivity index (χ0) is 34.6. The SMILES string of the molecule is CCCCCCCCCCCCOC(=O)c1ccc(Oc2ccccc2)c(NC(=O)C(C(=O)C(C)(C)C)N2C(=O)OC(C)(C)C2=O)c1. The molecule has 1 N–H and O–H groups in total. The Bertz CT molecular complexity index is 1400. The number of unbranched alkanes of at least 4 members (excludes halogenated alkanes) is 9. The van der Waals surface area contributed by atoms with E-state index in [1.807, 2.05) is 6.07 Å². The quantitative estimate of drug-likeness (QED) is 0.0971. The number of carbonyl (C=O) groups is 5. The Morgan fingerprint density at radius 1 is 0.872 bits per heavy atom. The van der Waals surface area contributed by atoms with Gasteiger partial charge in [0.15, 0.2) is 23.2 Å². The second-order valence-corrected chi connectivity index (χ2v) is 13.5. The molecule has 0 saturated carbocycles. The van der Waals surface area contributed by atoms with Crippen molar-refractivity contribution in [2.75, 3.05) is 11.9 Å². The van der Waals surface area contributed by atoms with Gasteiger partial charge < -0.3 is 19.5 Å². The topological polar surface area (TPSA) is 128 Å². The number of rotatable bonds is 18. The van der Waals surface area contributed by atoms with E-state index < -0.39 is 46.7 Å². The number of hydrogen-bond acceptors (Lipinski definition) is 8. The lowest BCUT2D eigenvalue weighted by molar-refractivity contribution is -0.145. The molecule has 10 heteroatoms. The van der Waals surface area contributed by atoms with E-state index in [2.05, 4.69) is 12.2 Å². The number of benzene rings is 2. The summed E-state index contributed by atoms with van der Waals surface area (Å²) < 4.78 is 16.7. The molecule has 256 valence electrons. The zero-order valence-electron chi connectivity index (χ0n) is 28.7. The normalized spacial score (nSPS) is 14.8. The van der Waals surface area contributed by atoms with E-state index in [1.54, 1.807) is 45.0 Å². The number of para-hydroxylation sites is 1. The Balaban J connectivity index is 1.75. The van der Waals surface area contributed by atoms with Crippen LogP contribution >= 0.6 is 0 Å². The van der Waals surface area contributed by atoms with Crippen LogP contribution in [0.25, 0.3) is 0 Å². The lowest BCUT2D eigenvalue weighted by Gasteiger charge is -2.28. The van der Waals surface area contributed by atoms with Crippen molar-refractivity contribution in [3.8, 4) is 11.5 Å². The van der Waals surface area contributed by atoms with Crippen LogP contribution in [-0.4, -0.2) is 52.8 Å². The molecule has 1 atom stereocenters. The average molecular weight is 651 g/mol. The Kier molecular flexibility index (Phi) is 13.5. The van der Waals surface area contributed by atoms with Crippen molar-refractivity contribution in [1.82, 2.24) is 4.90 Å². The third-order valence-corrected chi connectivity index (χ3v) is 7.94. The van der Waals surface area contributed by atoms with E-state index in [9.17, 15) is 24.0 Å². The van der Waals surface area contributed by atoms with Crippen molar-refractivity contribution in [2.24, 2.45) is 5.41 Å². The lowest BCUT2D eigenvalue weighted by Crippen LogP contribution is -2.55. The third kappa shape index (κ3) is 10.7. The number of nitrogens with zero attached hydrogens (tertiary/aromatic N) is 1. The highest BCUT2D eigenvalue weighted by Crippen LogP contribution is 2.33. The van der Waals surface area contributed by atoms with Crippen molar-refractivity contribution in [2.45, 2.75) is 117 Å². The maximum Gasteiger partial charge on any atom is 0.418 e. The molecule has 3 rings (SSSR count). The van der Waals surface area contributed by atoms with Crippen LogP contribution in [0.4, 0.5) is 10.5 Å². The highest BCUT2D eigenvalue weighted by molar-refractivity contribution is 6.19. The summed E-state index contributed by atoms with van der Waals surface area (Å²) in [7, 11) is 0. The van der Waals surface area contributed by atoms with Gasteiger partial charge in [-0.25, -0.2) is 14.5 Å². The molecule has 1 aliphatic heterocycles. The molecular weight excluding hydrogens is 600 g/mol. The molecule has 0 aliphatic carbocycles. The molecule has 47 heavy (non-hydrogen) atoms. The van der Waals surface area contributed by atoms with Crippen LogP contribution in [0, 0.1) is 5.41 Å². The van der Waals surface area contributed by atoms with Gasteiger partial charge in [-0.2, -0.15) is 0 Å². The summed E-state index contributed by atoms with van der Waals surface area (Å²) in [5, 5.41) is 2.64. The fourth-order valence-corrected chi connectivity index (χ4v) is 5.17. The van der Waals surface area contributed by atoms with E-state index in [-0.39, 0.29) is 23.6 Å². The molecule has 0 aromatic heterocycles. The van der Waals surface area contributed by atoms with Crippen molar-refractivity contribution in [3.05, 3.63) is 54.1 Å². The average Bonchev–Trinajstić information content (AvgIpc) is 3.22. The molecule has 1 aliphatic rings. The first kappa shape index (κ1) is 37.2. The Labute approximate surface area is 278 Å². The van der Waals surface area contributed by atoms with Gasteiger partial charge in [-0.15, -0.1) is 0 Å². The van der Waals surface area contributed by atoms with E-state index >= 15 is 0 Å². The fraction of sp³-hybridized carbons (Fsp3) is 0.541. The molecule has 0 radical (unpaired) electrons. The van der Waals surface area contributed by atoms with Crippen LogP contribution < -0.4 is 10.1 Å². The number of hydrogen-bond donors (Lipinski definition) is 1. The van der Waals surface area contributed by atoms with Crippen molar-refractivity contribution in [3.63, 3.8) is 0 Å². The Hall–Kier alpha value is -4.21. The molecule has 0 bridgehead atoms. The van der Waals surface area contributed by atoms with E-state index in [1.165, 1.54) is 77.0 Å². The van der Waals surface area contributed by atoms with E-state index in [4.69, 9.17) is 14.2 Å². The maximum absolute atomic E-state index is 13.9. The number of cyclic esters (lactones) is 1. The molecule has 1 fully saturated rings. The Morgan fingerprint density at radius 2 is 1.47 bits per heavy atom. The van der Waals surface area contributed by atoms with Gasteiger partial charge in [0.05, 0.1) is 17.9 Å². The molecule has 1 saturated heterocycles. The van der Waals surface area contributed by atoms with Crippen molar-refractivity contribution < 1.29 is 38.2 Å². The minimum atomic E-state index is -1.83. The predicted molar refractivity (Wildman–Crippen MR) is 179 cm³/mol. The Morgan fingerprint density at radius 3 is 2.02 bits per heavy atom. The van der Waals surface area contributed by atoms with Gasteiger partial charge in [-0.05, 0) is 50.6 Å². The fourth-order valence-electron chi connectivity index (χ4n) is 5.17. The standard InChI is InChI=1S/C37H50N2O8/c1-7-8-9-10-11-12-13-14-15-19-24-45-33(42)26-22-23-29(46-27-20-17-16-18-21-27)28(25-26)38-32(41)30(31(40)36(2,3)4)39-34(43)37(5,6)47-35(39)44/h16-18,20-23,25,30H,7-15,19,24H2,1-6H3,(H,38,41). The lowest BCUT2D eigenvalue weighted by atomic mass is 9.85. The number of ketones is 1. The molecule has 3 amide bonds. The predicted octanol–water partition coefficient (Wildman–Crippen LogP) is 8.24. The first-order valence-electron chi connectivity index (χ1n) is 16.7. The number of Topliss-reactive ketones (excluding diaryl/α,β-unsaturated/α-hetero) is 1. The van der Waals surface area contributed by atoms with Crippen LogP contribution in [-0.2, 0) is 23.9 Å². The minimum Gasteiger partial charge on any atom is -0.462 e. The van der Waals surface area contributed by atoms with Crippen molar-refractivity contribution >= 4 is 35.3 Å². The van der Waals surface area contributed by atoms with E-state index in [0.29, 0.717) is 10.6 Å². The third-order valence-electron chi connectivity index (χ3n) is 7.94. The molecule has 2 aromatic rings. The summed E-state index contributed by atoms with van der Waals surface area (Å²) >= 11 is 0. The van der Waals surface area contributed by atoms with E-state index in [0.717, 1.165) is 19.3 Å². The van der Waals surface area contributed by atoms with Crippen LogP contribution in [0.15, 0.2) is 48.5 Å². The molecule has 1 heterocycles. The number of nitrogens with one attached hydrogen (secondary N) is 1. The maximum atomic E-state index is 13.9. The summed E-state index contributed by atoms with van der Waals surface area (Å²) in [5.41, 5.74) is -2.44. The van der Waals surface area contributed by atoms with Gasteiger partial charge in [0.1, 0.15) is 5.75 Å². The van der Waals surface area contributed by atoms with Crippen LogP contribution in [0.5, 0.6) is 11.5 Å². The first-order chi connectivity index (χ1) is 22.3.